The molecule has 0 radical (unpaired) electrons. The molecule has 1 amide bonds. The van der Waals surface area contributed by atoms with E-state index in [4.69, 9.17) is 9.15 Å². The zero-order chi connectivity index (χ0) is 22.0. The molecule has 156 valence electrons. The Morgan fingerprint density at radius 2 is 1.87 bits per heavy atom. The van der Waals surface area contributed by atoms with Crippen molar-refractivity contribution in [3.05, 3.63) is 87.9 Å². The van der Waals surface area contributed by atoms with E-state index in [1.165, 1.54) is 16.9 Å². The van der Waals surface area contributed by atoms with Crippen LogP contribution in [0.4, 0.5) is 5.82 Å². The fraction of sp³-hybridized carbons (Fsp3) is 0.130. The van der Waals surface area contributed by atoms with Crippen molar-refractivity contribution in [2.75, 3.05) is 11.9 Å². The lowest BCUT2D eigenvalue weighted by Gasteiger charge is -2.11. The Labute approximate surface area is 177 Å². The van der Waals surface area contributed by atoms with Crippen molar-refractivity contribution in [3.8, 4) is 5.69 Å². The van der Waals surface area contributed by atoms with Crippen LogP contribution in [0.2, 0.25) is 0 Å². The van der Waals surface area contributed by atoms with Crippen LogP contribution in [0, 0.1) is 6.92 Å². The smallest absolute Gasteiger partial charge is 0.349 e. The number of hydrogen-bond acceptors (Lipinski definition) is 6. The Morgan fingerprint density at radius 1 is 1.10 bits per heavy atom. The molecular formula is C23H19N3O5. The van der Waals surface area contributed by atoms with E-state index < -0.39 is 17.5 Å². The van der Waals surface area contributed by atoms with Gasteiger partial charge in [-0.15, -0.1) is 0 Å². The van der Waals surface area contributed by atoms with E-state index in [1.807, 2.05) is 25.1 Å². The van der Waals surface area contributed by atoms with Crippen molar-refractivity contribution in [1.29, 1.82) is 0 Å². The van der Waals surface area contributed by atoms with Crippen LogP contribution in [0.25, 0.3) is 16.7 Å². The van der Waals surface area contributed by atoms with Gasteiger partial charge in [0.25, 0.3) is 5.91 Å². The second-order valence-electron chi connectivity index (χ2n) is 6.82. The number of anilines is 1. The van der Waals surface area contributed by atoms with E-state index in [-0.39, 0.29) is 23.6 Å². The number of carbonyl (C=O) groups excluding carboxylic acids is 2. The highest BCUT2D eigenvalue weighted by atomic mass is 16.5. The molecule has 8 heteroatoms. The van der Waals surface area contributed by atoms with Crippen LogP contribution in [0.1, 0.15) is 33.2 Å². The molecule has 0 aliphatic heterocycles. The summed E-state index contributed by atoms with van der Waals surface area (Å²) < 4.78 is 11.8. The number of fused-ring (bicyclic) bond motifs is 1. The van der Waals surface area contributed by atoms with Gasteiger partial charge >= 0.3 is 11.6 Å². The van der Waals surface area contributed by atoms with E-state index in [2.05, 4.69) is 10.4 Å². The van der Waals surface area contributed by atoms with E-state index in [0.29, 0.717) is 16.7 Å². The number of aromatic nitrogens is 2. The molecule has 0 fully saturated rings. The summed E-state index contributed by atoms with van der Waals surface area (Å²) in [5.74, 6) is -1.26. The minimum absolute atomic E-state index is 0.0695. The molecule has 4 rings (SSSR count). The minimum Gasteiger partial charge on any atom is -0.462 e. The number of carbonyl (C=O) groups is 2. The van der Waals surface area contributed by atoms with Gasteiger partial charge in [0.15, 0.2) is 5.82 Å². The number of rotatable bonds is 5. The number of nitrogens with one attached hydrogen (secondary N) is 1. The number of aryl methyl sites for hydroxylation is 1. The molecule has 4 aromatic rings. The summed E-state index contributed by atoms with van der Waals surface area (Å²) in [6.07, 6.45) is 1.31. The van der Waals surface area contributed by atoms with Gasteiger partial charge in [-0.3, -0.25) is 4.79 Å². The second kappa shape index (κ2) is 8.27. The van der Waals surface area contributed by atoms with Crippen molar-refractivity contribution in [1.82, 2.24) is 9.78 Å². The summed E-state index contributed by atoms with van der Waals surface area (Å²) in [6.45, 7) is 3.74. The number of ether oxygens (including phenoxy) is 1. The maximum Gasteiger partial charge on any atom is 0.349 e. The van der Waals surface area contributed by atoms with Gasteiger partial charge in [0, 0.05) is 5.39 Å². The molecule has 0 spiro atoms. The van der Waals surface area contributed by atoms with Crippen LogP contribution in [-0.2, 0) is 4.74 Å². The Morgan fingerprint density at radius 3 is 2.61 bits per heavy atom. The summed E-state index contributed by atoms with van der Waals surface area (Å²) in [5, 5.41) is 7.47. The van der Waals surface area contributed by atoms with Crippen LogP contribution in [0.5, 0.6) is 0 Å². The monoisotopic (exact) mass is 417 g/mol. The maximum atomic E-state index is 13.0. The predicted octanol–water partition coefficient (Wildman–Crippen LogP) is 3.72. The predicted molar refractivity (Wildman–Crippen MR) is 115 cm³/mol. The van der Waals surface area contributed by atoms with Crippen molar-refractivity contribution >= 4 is 28.7 Å². The summed E-state index contributed by atoms with van der Waals surface area (Å²) >= 11 is 0. The topological polar surface area (TPSA) is 103 Å². The van der Waals surface area contributed by atoms with E-state index in [1.54, 1.807) is 37.3 Å². The van der Waals surface area contributed by atoms with E-state index in [9.17, 15) is 14.4 Å². The number of esters is 1. The SMILES string of the molecule is CCOC(=O)c1cnn(-c2ccccc2)c1NC(=O)c1cc2cc(C)ccc2oc1=O. The average Bonchev–Trinajstić information content (AvgIpc) is 3.18. The quantitative estimate of drug-likeness (QED) is 0.392. The average molecular weight is 417 g/mol. The van der Waals surface area contributed by atoms with Crippen molar-refractivity contribution in [3.63, 3.8) is 0 Å². The first-order valence-corrected chi connectivity index (χ1v) is 9.64. The molecule has 0 aliphatic rings. The molecule has 0 saturated carbocycles. The van der Waals surface area contributed by atoms with Gasteiger partial charge in [-0.1, -0.05) is 29.8 Å². The summed E-state index contributed by atoms with van der Waals surface area (Å²) in [6, 6.07) is 15.7. The van der Waals surface area contributed by atoms with Gasteiger partial charge in [0.2, 0.25) is 0 Å². The summed E-state index contributed by atoms with van der Waals surface area (Å²) in [4.78, 5) is 37.8. The molecule has 2 aromatic heterocycles. The molecule has 0 aliphatic carbocycles. The molecule has 0 unspecified atom stereocenters. The fourth-order valence-corrected chi connectivity index (χ4v) is 3.17. The standard InChI is InChI=1S/C23H19N3O5/c1-3-30-22(28)18-13-24-26(16-7-5-4-6-8-16)20(18)25-21(27)17-12-15-11-14(2)9-10-19(15)31-23(17)29/h4-13H,3H2,1-2H3,(H,25,27). The molecule has 2 heterocycles. The Hall–Kier alpha value is -4.20. The Balaban J connectivity index is 1.78. The van der Waals surface area contributed by atoms with Crippen LogP contribution in [0.15, 0.2) is 70.0 Å². The summed E-state index contributed by atoms with van der Waals surface area (Å²) in [5.41, 5.74) is 1.06. The highest BCUT2D eigenvalue weighted by Gasteiger charge is 2.23. The van der Waals surface area contributed by atoms with E-state index in [0.717, 1.165) is 5.56 Å². The lowest BCUT2D eigenvalue weighted by Crippen LogP contribution is -2.23. The first-order chi connectivity index (χ1) is 15.0. The molecule has 2 aromatic carbocycles. The Bertz CT molecular complexity index is 1340. The highest BCUT2D eigenvalue weighted by molar-refractivity contribution is 6.08. The van der Waals surface area contributed by atoms with Gasteiger partial charge in [0.05, 0.1) is 18.5 Å². The number of hydrogen-bond donors (Lipinski definition) is 1. The zero-order valence-electron chi connectivity index (χ0n) is 16.9. The minimum atomic E-state index is -0.780. The van der Waals surface area contributed by atoms with Crippen LogP contribution in [0.3, 0.4) is 0 Å². The molecular weight excluding hydrogens is 398 g/mol. The first kappa shape index (κ1) is 20.1. The summed E-state index contributed by atoms with van der Waals surface area (Å²) in [7, 11) is 0. The van der Waals surface area contributed by atoms with Crippen LogP contribution >= 0.6 is 0 Å². The normalized spacial score (nSPS) is 10.8. The zero-order valence-corrected chi connectivity index (χ0v) is 16.9. The third-order valence-electron chi connectivity index (χ3n) is 4.63. The lowest BCUT2D eigenvalue weighted by molar-refractivity contribution is 0.0527. The molecule has 1 N–H and O–H groups in total. The number of nitrogens with zero attached hydrogens (tertiary/aromatic N) is 2. The van der Waals surface area contributed by atoms with Gasteiger partial charge in [-0.05, 0) is 44.2 Å². The van der Waals surface area contributed by atoms with Crippen LogP contribution in [-0.4, -0.2) is 28.3 Å². The van der Waals surface area contributed by atoms with Crippen molar-refractivity contribution < 1.29 is 18.7 Å². The molecule has 0 atom stereocenters. The van der Waals surface area contributed by atoms with E-state index >= 15 is 0 Å². The first-order valence-electron chi connectivity index (χ1n) is 9.64. The Kier molecular flexibility index (Phi) is 5.36. The fourth-order valence-electron chi connectivity index (χ4n) is 3.17. The second-order valence-corrected chi connectivity index (χ2v) is 6.82. The number of amides is 1. The third-order valence-corrected chi connectivity index (χ3v) is 4.63. The molecule has 31 heavy (non-hydrogen) atoms. The highest BCUT2D eigenvalue weighted by Crippen LogP contribution is 2.22. The van der Waals surface area contributed by atoms with Gasteiger partial charge in [-0.2, -0.15) is 5.10 Å². The van der Waals surface area contributed by atoms with Crippen molar-refractivity contribution in [2.45, 2.75) is 13.8 Å². The van der Waals surface area contributed by atoms with Crippen molar-refractivity contribution in [2.24, 2.45) is 0 Å². The third kappa shape index (κ3) is 3.95. The largest absolute Gasteiger partial charge is 0.462 e. The molecule has 0 bridgehead atoms. The number of para-hydroxylation sites is 1. The van der Waals surface area contributed by atoms with Gasteiger partial charge in [0.1, 0.15) is 16.7 Å². The van der Waals surface area contributed by atoms with Gasteiger partial charge < -0.3 is 14.5 Å². The molecule has 8 nitrogen and oxygen atoms in total. The number of benzene rings is 2. The molecule has 0 saturated heterocycles. The maximum absolute atomic E-state index is 13.0. The lowest BCUT2D eigenvalue weighted by atomic mass is 10.1. The van der Waals surface area contributed by atoms with Crippen LogP contribution < -0.4 is 10.9 Å². The van der Waals surface area contributed by atoms with Gasteiger partial charge in [-0.25, -0.2) is 14.3 Å².